The number of carbonyl (C=O) groups is 1. The molecule has 0 saturated carbocycles. The van der Waals surface area contributed by atoms with Gasteiger partial charge in [-0.25, -0.2) is 4.79 Å². The van der Waals surface area contributed by atoms with Gasteiger partial charge in [-0.1, -0.05) is 44.9 Å². The lowest BCUT2D eigenvalue weighted by Crippen LogP contribution is -2.26. The first-order valence-corrected chi connectivity index (χ1v) is 9.00. The monoisotopic (exact) mass is 341 g/mol. The number of benzene rings is 2. The smallest absolute Gasteiger partial charge is 0.335 e. The molecule has 0 radical (unpaired) electrons. The van der Waals surface area contributed by atoms with Crippen molar-refractivity contribution >= 4 is 11.7 Å². The lowest BCUT2D eigenvalue weighted by molar-refractivity contribution is 0.0697. The first-order chi connectivity index (χ1) is 12.2. The number of para-hydroxylation sites is 1. The predicted octanol–water partition coefficient (Wildman–Crippen LogP) is 5.58. The molecule has 25 heavy (non-hydrogen) atoms. The van der Waals surface area contributed by atoms with Crippen LogP contribution < -0.4 is 9.64 Å². The van der Waals surface area contributed by atoms with Crippen LogP contribution >= 0.6 is 0 Å². The van der Waals surface area contributed by atoms with E-state index in [1.54, 1.807) is 18.2 Å². The lowest BCUT2D eigenvalue weighted by Gasteiger charge is -2.27. The summed E-state index contributed by atoms with van der Waals surface area (Å²) in [5.74, 6) is 0.527. The number of carboxylic acids is 1. The van der Waals surface area contributed by atoms with Crippen molar-refractivity contribution in [2.75, 3.05) is 18.0 Å². The van der Waals surface area contributed by atoms with Crippen LogP contribution in [0.5, 0.6) is 11.5 Å². The first kappa shape index (κ1) is 18.8. The molecule has 0 aliphatic carbocycles. The third kappa shape index (κ3) is 5.52. The van der Waals surface area contributed by atoms with Crippen molar-refractivity contribution in [3.05, 3.63) is 54.1 Å². The Hall–Kier alpha value is -2.49. The highest BCUT2D eigenvalue weighted by molar-refractivity contribution is 5.89. The second-order valence-electron chi connectivity index (χ2n) is 6.10. The van der Waals surface area contributed by atoms with E-state index in [2.05, 4.69) is 18.7 Å². The molecule has 0 unspecified atom stereocenters. The molecule has 0 spiro atoms. The zero-order chi connectivity index (χ0) is 18.1. The van der Waals surface area contributed by atoms with Crippen LogP contribution in [-0.4, -0.2) is 24.2 Å². The summed E-state index contributed by atoms with van der Waals surface area (Å²) in [7, 11) is 0. The summed E-state index contributed by atoms with van der Waals surface area (Å²) in [6.45, 7) is 6.11. The van der Waals surface area contributed by atoms with Gasteiger partial charge in [-0.2, -0.15) is 0 Å². The summed E-state index contributed by atoms with van der Waals surface area (Å²) in [4.78, 5) is 13.7. The minimum Gasteiger partial charge on any atom is -0.478 e. The highest BCUT2D eigenvalue weighted by atomic mass is 16.5. The number of nitrogens with zero attached hydrogens (tertiary/aromatic N) is 1. The van der Waals surface area contributed by atoms with E-state index in [1.165, 1.54) is 0 Å². The lowest BCUT2D eigenvalue weighted by atomic mass is 10.1. The Morgan fingerprint density at radius 2 is 1.64 bits per heavy atom. The number of rotatable bonds is 10. The Bertz CT molecular complexity index is 662. The zero-order valence-corrected chi connectivity index (χ0v) is 15.1. The SMILES string of the molecule is CCCCN(CCCC)c1cc(C(=O)O)ccc1Oc1ccccc1. The molecule has 134 valence electrons. The summed E-state index contributed by atoms with van der Waals surface area (Å²) in [6, 6.07) is 14.7. The Kier molecular flexibility index (Phi) is 7.33. The Balaban J connectivity index is 2.37. The standard InChI is InChI=1S/C21H27NO3/c1-3-5-14-22(15-6-4-2)19-16-17(21(23)24)12-13-20(19)25-18-10-8-7-9-11-18/h7-13,16H,3-6,14-15H2,1-2H3,(H,23,24). The van der Waals surface area contributed by atoms with E-state index in [0.29, 0.717) is 5.75 Å². The molecule has 0 bridgehead atoms. The molecule has 0 heterocycles. The van der Waals surface area contributed by atoms with Gasteiger partial charge < -0.3 is 14.7 Å². The number of aromatic carboxylic acids is 1. The maximum absolute atomic E-state index is 11.4. The van der Waals surface area contributed by atoms with Crippen molar-refractivity contribution in [2.24, 2.45) is 0 Å². The van der Waals surface area contributed by atoms with E-state index >= 15 is 0 Å². The van der Waals surface area contributed by atoms with Gasteiger partial charge in [0.25, 0.3) is 0 Å². The molecule has 0 aliphatic heterocycles. The van der Waals surface area contributed by atoms with Gasteiger partial charge in [-0.3, -0.25) is 0 Å². The Morgan fingerprint density at radius 1 is 1.00 bits per heavy atom. The summed E-state index contributed by atoms with van der Waals surface area (Å²) in [5.41, 5.74) is 1.14. The van der Waals surface area contributed by atoms with Crippen molar-refractivity contribution in [1.82, 2.24) is 0 Å². The van der Waals surface area contributed by atoms with E-state index in [0.717, 1.165) is 50.2 Å². The molecule has 0 aromatic heterocycles. The van der Waals surface area contributed by atoms with Crippen molar-refractivity contribution in [3.63, 3.8) is 0 Å². The van der Waals surface area contributed by atoms with Crippen LogP contribution in [0.25, 0.3) is 0 Å². The van der Waals surface area contributed by atoms with E-state index < -0.39 is 5.97 Å². The highest BCUT2D eigenvalue weighted by Crippen LogP contribution is 2.34. The number of carboxylic acid groups (broad SMARTS) is 1. The normalized spacial score (nSPS) is 10.5. The number of ether oxygens (including phenoxy) is 1. The van der Waals surface area contributed by atoms with Gasteiger partial charge in [0.05, 0.1) is 11.3 Å². The van der Waals surface area contributed by atoms with Crippen LogP contribution in [0, 0.1) is 0 Å². The number of anilines is 1. The molecule has 4 nitrogen and oxygen atoms in total. The van der Waals surface area contributed by atoms with Gasteiger partial charge in [0, 0.05) is 13.1 Å². The predicted molar refractivity (Wildman–Crippen MR) is 102 cm³/mol. The van der Waals surface area contributed by atoms with Gasteiger partial charge in [0.2, 0.25) is 0 Å². The molecule has 1 N–H and O–H groups in total. The van der Waals surface area contributed by atoms with Crippen LogP contribution in [0.15, 0.2) is 48.5 Å². The number of unbranched alkanes of at least 4 members (excludes halogenated alkanes) is 2. The molecule has 0 saturated heterocycles. The van der Waals surface area contributed by atoms with Gasteiger partial charge >= 0.3 is 5.97 Å². The van der Waals surface area contributed by atoms with Gasteiger partial charge in [-0.15, -0.1) is 0 Å². The van der Waals surface area contributed by atoms with Crippen LogP contribution in [0.1, 0.15) is 49.9 Å². The Labute approximate surface area is 150 Å². The van der Waals surface area contributed by atoms with E-state index in [1.807, 2.05) is 30.3 Å². The molecule has 0 amide bonds. The molecular weight excluding hydrogens is 314 g/mol. The first-order valence-electron chi connectivity index (χ1n) is 9.00. The topological polar surface area (TPSA) is 49.8 Å². The summed E-state index contributed by atoms with van der Waals surface area (Å²) in [5, 5.41) is 9.36. The largest absolute Gasteiger partial charge is 0.478 e. The second kappa shape index (κ2) is 9.72. The number of hydrogen-bond acceptors (Lipinski definition) is 3. The molecule has 0 atom stereocenters. The summed E-state index contributed by atoms with van der Waals surface area (Å²) < 4.78 is 6.05. The van der Waals surface area contributed by atoms with Crippen molar-refractivity contribution < 1.29 is 14.6 Å². The molecular formula is C21H27NO3. The van der Waals surface area contributed by atoms with Crippen LogP contribution in [0.2, 0.25) is 0 Å². The molecule has 0 fully saturated rings. The molecule has 2 aromatic rings. The minimum atomic E-state index is -0.918. The maximum Gasteiger partial charge on any atom is 0.335 e. The van der Waals surface area contributed by atoms with Crippen LogP contribution in [0.4, 0.5) is 5.69 Å². The highest BCUT2D eigenvalue weighted by Gasteiger charge is 2.16. The van der Waals surface area contributed by atoms with E-state index in [4.69, 9.17) is 4.74 Å². The van der Waals surface area contributed by atoms with Gasteiger partial charge in [0.1, 0.15) is 5.75 Å². The molecule has 0 aliphatic rings. The average molecular weight is 341 g/mol. The maximum atomic E-state index is 11.4. The fourth-order valence-electron chi connectivity index (χ4n) is 2.65. The molecule has 4 heteroatoms. The number of hydrogen-bond donors (Lipinski definition) is 1. The fourth-order valence-corrected chi connectivity index (χ4v) is 2.65. The van der Waals surface area contributed by atoms with Gasteiger partial charge in [0.15, 0.2) is 5.75 Å². The third-order valence-electron chi connectivity index (χ3n) is 4.08. The summed E-state index contributed by atoms with van der Waals surface area (Å²) in [6.07, 6.45) is 4.31. The zero-order valence-electron chi connectivity index (χ0n) is 15.1. The van der Waals surface area contributed by atoms with Crippen molar-refractivity contribution in [2.45, 2.75) is 39.5 Å². The van der Waals surface area contributed by atoms with Crippen molar-refractivity contribution in [1.29, 1.82) is 0 Å². The molecule has 2 aromatic carbocycles. The van der Waals surface area contributed by atoms with E-state index in [9.17, 15) is 9.90 Å². The third-order valence-corrected chi connectivity index (χ3v) is 4.08. The van der Waals surface area contributed by atoms with Crippen LogP contribution in [-0.2, 0) is 0 Å². The minimum absolute atomic E-state index is 0.286. The second-order valence-corrected chi connectivity index (χ2v) is 6.10. The van der Waals surface area contributed by atoms with Crippen LogP contribution in [0.3, 0.4) is 0 Å². The fraction of sp³-hybridized carbons (Fsp3) is 0.381. The van der Waals surface area contributed by atoms with E-state index in [-0.39, 0.29) is 5.56 Å². The quantitative estimate of drug-likeness (QED) is 0.612. The Morgan fingerprint density at radius 3 is 2.20 bits per heavy atom. The summed E-state index contributed by atoms with van der Waals surface area (Å²) >= 11 is 0. The average Bonchev–Trinajstić information content (AvgIpc) is 2.63. The van der Waals surface area contributed by atoms with Crippen molar-refractivity contribution in [3.8, 4) is 11.5 Å². The van der Waals surface area contributed by atoms with Gasteiger partial charge in [-0.05, 0) is 43.2 Å². The molecule has 2 rings (SSSR count).